The third-order valence-corrected chi connectivity index (χ3v) is 2.19. The van der Waals surface area contributed by atoms with Gasteiger partial charge in [0.15, 0.2) is 0 Å². The maximum Gasteiger partial charge on any atom is 0.522 e. The Balaban J connectivity index is 2.34. The molecule has 1 heterocycles. The molecule has 8 heteroatoms. The van der Waals surface area contributed by atoms with Crippen LogP contribution in [-0.4, -0.2) is 47.9 Å². The number of likely N-dealkylation sites (tertiary alicyclic amines) is 1. The Morgan fingerprint density at radius 3 is 2.62 bits per heavy atom. The van der Waals surface area contributed by atoms with Gasteiger partial charge in [-0.1, -0.05) is 0 Å². The summed E-state index contributed by atoms with van der Waals surface area (Å²) in [6.45, 7) is -0.987. The van der Waals surface area contributed by atoms with Crippen molar-refractivity contribution < 1.29 is 32.6 Å². The van der Waals surface area contributed by atoms with E-state index in [0.717, 1.165) is 4.90 Å². The first kappa shape index (κ1) is 12.8. The number of ether oxygens (including phenoxy) is 1. The highest BCUT2D eigenvalue weighted by molar-refractivity contribution is 5.86. The second-order valence-electron chi connectivity index (χ2n) is 3.37. The van der Waals surface area contributed by atoms with Crippen molar-refractivity contribution in [2.45, 2.75) is 12.8 Å². The largest absolute Gasteiger partial charge is 0.522 e. The third-order valence-electron chi connectivity index (χ3n) is 2.19. The van der Waals surface area contributed by atoms with E-state index in [2.05, 4.69) is 4.74 Å². The van der Waals surface area contributed by atoms with E-state index >= 15 is 0 Å². The van der Waals surface area contributed by atoms with E-state index in [-0.39, 0.29) is 19.5 Å². The standard InChI is InChI=1S/C8H10F3NO4/c9-8(10,11)16-2-1-12-4-5(7(14)15)3-6(12)13/h5H,1-4H2,(H,14,15). The molecule has 1 saturated heterocycles. The predicted molar refractivity (Wildman–Crippen MR) is 44.3 cm³/mol. The van der Waals surface area contributed by atoms with Gasteiger partial charge >= 0.3 is 12.3 Å². The number of hydrogen-bond acceptors (Lipinski definition) is 3. The summed E-state index contributed by atoms with van der Waals surface area (Å²) in [5.41, 5.74) is 0. The van der Waals surface area contributed by atoms with Gasteiger partial charge in [-0.15, -0.1) is 13.2 Å². The molecule has 92 valence electrons. The molecule has 1 aliphatic rings. The Hall–Kier alpha value is -1.31. The van der Waals surface area contributed by atoms with Crippen molar-refractivity contribution in [3.8, 4) is 0 Å². The lowest BCUT2D eigenvalue weighted by Crippen LogP contribution is -2.31. The van der Waals surface area contributed by atoms with Gasteiger partial charge in [0.1, 0.15) is 0 Å². The average molecular weight is 241 g/mol. The van der Waals surface area contributed by atoms with Crippen LogP contribution in [0.15, 0.2) is 0 Å². The minimum Gasteiger partial charge on any atom is -0.481 e. The minimum atomic E-state index is -4.73. The van der Waals surface area contributed by atoms with Crippen molar-refractivity contribution in [2.24, 2.45) is 5.92 Å². The SMILES string of the molecule is O=C(O)C1CC(=O)N(CCOC(F)(F)F)C1. The van der Waals surface area contributed by atoms with Crippen molar-refractivity contribution in [2.75, 3.05) is 19.7 Å². The molecule has 1 aliphatic heterocycles. The number of aliphatic carboxylic acids is 1. The summed E-state index contributed by atoms with van der Waals surface area (Å²) in [6, 6.07) is 0. The zero-order valence-corrected chi connectivity index (χ0v) is 8.16. The summed E-state index contributed by atoms with van der Waals surface area (Å²) >= 11 is 0. The summed E-state index contributed by atoms with van der Waals surface area (Å²) in [5.74, 6) is -2.41. The van der Waals surface area contributed by atoms with Crippen LogP contribution in [0.2, 0.25) is 0 Å². The zero-order valence-electron chi connectivity index (χ0n) is 8.16. The van der Waals surface area contributed by atoms with E-state index in [1.165, 1.54) is 0 Å². The van der Waals surface area contributed by atoms with E-state index in [9.17, 15) is 22.8 Å². The average Bonchev–Trinajstić information content (AvgIpc) is 2.46. The van der Waals surface area contributed by atoms with Gasteiger partial charge < -0.3 is 10.0 Å². The molecule has 0 spiro atoms. The molecule has 1 amide bonds. The summed E-state index contributed by atoms with van der Waals surface area (Å²) in [4.78, 5) is 22.8. The molecular weight excluding hydrogens is 231 g/mol. The lowest BCUT2D eigenvalue weighted by atomic mass is 10.1. The summed E-state index contributed by atoms with van der Waals surface area (Å²) in [6.07, 6.45) is -4.89. The highest BCUT2D eigenvalue weighted by Crippen LogP contribution is 2.19. The van der Waals surface area contributed by atoms with Crippen LogP contribution in [0.1, 0.15) is 6.42 Å². The summed E-state index contributed by atoms with van der Waals surface area (Å²) < 4.78 is 38.3. The van der Waals surface area contributed by atoms with Crippen molar-refractivity contribution in [3.05, 3.63) is 0 Å². The molecule has 1 atom stereocenters. The predicted octanol–water partition coefficient (Wildman–Crippen LogP) is 0.456. The van der Waals surface area contributed by atoms with E-state index in [1.807, 2.05) is 0 Å². The molecule has 1 unspecified atom stereocenters. The third kappa shape index (κ3) is 3.69. The zero-order chi connectivity index (χ0) is 12.3. The van der Waals surface area contributed by atoms with Gasteiger partial charge in [-0.05, 0) is 0 Å². The van der Waals surface area contributed by atoms with Crippen LogP contribution >= 0.6 is 0 Å². The molecule has 16 heavy (non-hydrogen) atoms. The Morgan fingerprint density at radius 2 is 2.19 bits per heavy atom. The van der Waals surface area contributed by atoms with Crippen LogP contribution in [0.5, 0.6) is 0 Å². The fraction of sp³-hybridized carbons (Fsp3) is 0.750. The highest BCUT2D eigenvalue weighted by Gasteiger charge is 2.35. The van der Waals surface area contributed by atoms with Crippen LogP contribution in [0.4, 0.5) is 13.2 Å². The van der Waals surface area contributed by atoms with Crippen LogP contribution in [0.3, 0.4) is 0 Å². The van der Waals surface area contributed by atoms with Gasteiger partial charge in [0, 0.05) is 19.5 Å². The smallest absolute Gasteiger partial charge is 0.481 e. The molecule has 1 N–H and O–H groups in total. The molecule has 0 aromatic carbocycles. The van der Waals surface area contributed by atoms with Gasteiger partial charge in [-0.3, -0.25) is 14.3 Å². The molecule has 1 rings (SSSR count). The summed E-state index contributed by atoms with van der Waals surface area (Å²) in [5, 5.41) is 8.61. The number of carbonyl (C=O) groups is 2. The van der Waals surface area contributed by atoms with Crippen LogP contribution < -0.4 is 0 Å². The maximum absolute atomic E-state index is 11.6. The number of carboxylic acids is 1. The number of carbonyl (C=O) groups excluding carboxylic acids is 1. The molecule has 0 saturated carbocycles. The lowest BCUT2D eigenvalue weighted by Gasteiger charge is -2.16. The molecule has 0 radical (unpaired) electrons. The van der Waals surface area contributed by atoms with Crippen molar-refractivity contribution >= 4 is 11.9 Å². The minimum absolute atomic E-state index is 0.0601. The van der Waals surface area contributed by atoms with E-state index < -0.39 is 30.8 Å². The Morgan fingerprint density at radius 1 is 1.56 bits per heavy atom. The topological polar surface area (TPSA) is 66.8 Å². The maximum atomic E-state index is 11.6. The number of carboxylic acid groups (broad SMARTS) is 1. The molecule has 5 nitrogen and oxygen atoms in total. The number of rotatable bonds is 4. The van der Waals surface area contributed by atoms with Crippen LogP contribution in [-0.2, 0) is 14.3 Å². The first-order valence-electron chi connectivity index (χ1n) is 4.51. The quantitative estimate of drug-likeness (QED) is 0.776. The van der Waals surface area contributed by atoms with Crippen molar-refractivity contribution in [3.63, 3.8) is 0 Å². The normalized spacial score (nSPS) is 21.6. The van der Waals surface area contributed by atoms with E-state index in [1.54, 1.807) is 0 Å². The highest BCUT2D eigenvalue weighted by atomic mass is 19.4. The molecule has 0 aliphatic carbocycles. The second kappa shape index (κ2) is 4.69. The molecule has 0 aromatic rings. The number of nitrogens with zero attached hydrogens (tertiary/aromatic N) is 1. The van der Waals surface area contributed by atoms with E-state index in [0.29, 0.717) is 0 Å². The lowest BCUT2D eigenvalue weighted by molar-refractivity contribution is -0.324. The van der Waals surface area contributed by atoms with Crippen LogP contribution in [0, 0.1) is 5.92 Å². The van der Waals surface area contributed by atoms with Gasteiger partial charge in [-0.25, -0.2) is 0 Å². The number of alkyl halides is 3. The van der Waals surface area contributed by atoms with E-state index in [4.69, 9.17) is 5.11 Å². The summed E-state index contributed by atoms with van der Waals surface area (Å²) in [7, 11) is 0. The van der Waals surface area contributed by atoms with Gasteiger partial charge in [0.2, 0.25) is 5.91 Å². The monoisotopic (exact) mass is 241 g/mol. The second-order valence-corrected chi connectivity index (χ2v) is 3.37. The Bertz CT molecular complexity index is 291. The fourth-order valence-corrected chi connectivity index (χ4v) is 1.43. The fourth-order valence-electron chi connectivity index (χ4n) is 1.43. The van der Waals surface area contributed by atoms with Crippen molar-refractivity contribution in [1.29, 1.82) is 0 Å². The molecular formula is C8H10F3NO4. The number of halogens is 3. The van der Waals surface area contributed by atoms with Gasteiger partial charge in [0.05, 0.1) is 12.5 Å². The molecule has 0 bridgehead atoms. The van der Waals surface area contributed by atoms with Crippen LogP contribution in [0.25, 0.3) is 0 Å². The molecule has 0 aromatic heterocycles. The van der Waals surface area contributed by atoms with Gasteiger partial charge in [-0.2, -0.15) is 0 Å². The Labute approximate surface area is 88.8 Å². The van der Waals surface area contributed by atoms with Gasteiger partial charge in [0.25, 0.3) is 0 Å². The number of amides is 1. The Kier molecular flexibility index (Phi) is 3.74. The first-order valence-corrected chi connectivity index (χ1v) is 4.51. The first-order chi connectivity index (χ1) is 7.29. The molecule has 1 fully saturated rings. The van der Waals surface area contributed by atoms with Crippen molar-refractivity contribution in [1.82, 2.24) is 4.90 Å². The number of hydrogen-bond donors (Lipinski definition) is 1.